The zero-order valence-corrected chi connectivity index (χ0v) is 31.6. The summed E-state index contributed by atoms with van der Waals surface area (Å²) in [5.74, 6) is 3.08. The number of rotatable bonds is 5. The molecule has 11 heteroatoms. The van der Waals surface area contributed by atoms with E-state index in [1.165, 1.54) is 0 Å². The molecule has 0 spiro atoms. The average Bonchev–Trinajstić information content (AvgIpc) is 3.66. The third kappa shape index (κ3) is 6.15. The quantitative estimate of drug-likeness (QED) is 0.178. The first-order valence-corrected chi connectivity index (χ1v) is 17.7. The van der Waals surface area contributed by atoms with Crippen molar-refractivity contribution < 1.29 is 9.59 Å². The molecule has 268 valence electrons. The molecule has 0 atom stereocenters. The van der Waals surface area contributed by atoms with Crippen LogP contribution in [0.25, 0.3) is 22.3 Å². The van der Waals surface area contributed by atoms with Crippen LogP contribution in [0.5, 0.6) is 0 Å². The van der Waals surface area contributed by atoms with Crippen molar-refractivity contribution in [1.82, 2.24) is 34.5 Å². The highest BCUT2D eigenvalue weighted by molar-refractivity contribution is 6.13. The van der Waals surface area contributed by atoms with E-state index in [1.807, 2.05) is 121 Å². The molecule has 0 aliphatic carbocycles. The van der Waals surface area contributed by atoms with Crippen LogP contribution in [0.3, 0.4) is 0 Å². The molecule has 2 aromatic carbocycles. The van der Waals surface area contributed by atoms with E-state index in [-0.39, 0.29) is 11.8 Å². The number of anilines is 4. The summed E-state index contributed by atoms with van der Waals surface area (Å²) in [7, 11) is 1.93. The predicted octanol–water partition coefficient (Wildman–Crippen LogP) is 7.82. The molecule has 6 heterocycles. The van der Waals surface area contributed by atoms with Crippen LogP contribution in [-0.4, -0.2) is 46.3 Å². The number of hydrogen-bond donors (Lipinski definition) is 0. The molecule has 0 radical (unpaired) electrons. The van der Waals surface area contributed by atoms with Gasteiger partial charge in [0.15, 0.2) is 5.82 Å². The number of hydrogen-bond acceptors (Lipinski definition) is 8. The molecule has 2 amide bonds. The fourth-order valence-electron chi connectivity index (χ4n) is 6.86. The molecule has 0 N–H and O–H groups in total. The molecule has 8 rings (SSSR count). The summed E-state index contributed by atoms with van der Waals surface area (Å²) >= 11 is 0. The molecule has 2 aliphatic rings. The summed E-state index contributed by atoms with van der Waals surface area (Å²) in [4.78, 5) is 55.9. The number of pyridine rings is 1. The molecular formula is C42H43N9O2. The number of aromatic nitrogens is 7. The largest absolute Gasteiger partial charge is 0.336 e. The third-order valence-corrected chi connectivity index (χ3v) is 10.3. The summed E-state index contributed by atoms with van der Waals surface area (Å²) in [6.45, 7) is 15.6. The second kappa shape index (κ2) is 13.1. The minimum absolute atomic E-state index is 0.0305. The van der Waals surface area contributed by atoms with Gasteiger partial charge in [0.05, 0.1) is 34.1 Å². The highest BCUT2D eigenvalue weighted by Crippen LogP contribution is 2.48. The second-order valence-corrected chi connectivity index (χ2v) is 14.7. The van der Waals surface area contributed by atoms with Crippen LogP contribution in [-0.2, 0) is 33.9 Å². The van der Waals surface area contributed by atoms with Crippen molar-refractivity contribution in [3.63, 3.8) is 0 Å². The maximum Gasteiger partial charge on any atom is 0.242 e. The predicted molar refractivity (Wildman–Crippen MR) is 206 cm³/mol. The Morgan fingerprint density at radius 3 is 1.58 bits per heavy atom. The van der Waals surface area contributed by atoms with Crippen molar-refractivity contribution in [2.24, 2.45) is 7.05 Å². The minimum Gasteiger partial charge on any atom is -0.336 e. The van der Waals surface area contributed by atoms with E-state index < -0.39 is 10.8 Å². The van der Waals surface area contributed by atoms with Crippen molar-refractivity contribution >= 4 is 34.7 Å². The summed E-state index contributed by atoms with van der Waals surface area (Å²) in [5, 5.41) is 0. The van der Waals surface area contributed by atoms with Crippen molar-refractivity contribution in [2.75, 3.05) is 9.80 Å². The second-order valence-electron chi connectivity index (χ2n) is 14.7. The first-order chi connectivity index (χ1) is 25.2. The highest BCUT2D eigenvalue weighted by Gasteiger charge is 2.46. The molecule has 0 saturated carbocycles. The number of benzene rings is 2. The molecule has 2 aliphatic heterocycles. The van der Waals surface area contributed by atoms with Crippen LogP contribution in [0.4, 0.5) is 22.9 Å². The van der Waals surface area contributed by atoms with Gasteiger partial charge in [-0.3, -0.25) is 24.4 Å². The molecule has 0 saturated heterocycles. The Balaban J connectivity index is 0.000000164. The Kier molecular flexibility index (Phi) is 8.76. The smallest absolute Gasteiger partial charge is 0.242 e. The molecule has 53 heavy (non-hydrogen) atoms. The lowest BCUT2D eigenvalue weighted by Gasteiger charge is -2.20. The number of amides is 2. The summed E-state index contributed by atoms with van der Waals surface area (Å²) in [6, 6.07) is 14.2. The van der Waals surface area contributed by atoms with Gasteiger partial charge in [0.1, 0.15) is 17.5 Å². The van der Waals surface area contributed by atoms with Gasteiger partial charge in [-0.25, -0.2) is 24.9 Å². The standard InChI is InChI=1S/C22H22N4O.C20H21N5O/c1-5-15-8-18(13-23-10-15)26-20-9-16(17-11-24-14(2)25-12-17)6-7-19(20)22(3,4)21(26)27;1-12-21-9-15(10-22-12)14-6-7-16-17(8-14)25(19(26)20(16,3)4)18-11-24(5)13(2)23-18/h6-13H,5H2,1-4H3;6-11H,1-5H3. The van der Waals surface area contributed by atoms with E-state index in [1.54, 1.807) is 28.4 Å². The molecule has 0 fully saturated rings. The Morgan fingerprint density at radius 2 is 1.11 bits per heavy atom. The molecule has 0 bridgehead atoms. The van der Waals surface area contributed by atoms with Crippen molar-refractivity contribution in [1.29, 1.82) is 0 Å². The lowest BCUT2D eigenvalue weighted by atomic mass is 9.85. The van der Waals surface area contributed by atoms with Gasteiger partial charge in [0.2, 0.25) is 11.8 Å². The van der Waals surface area contributed by atoms with E-state index in [0.29, 0.717) is 5.82 Å². The Bertz CT molecular complexity index is 2360. The van der Waals surface area contributed by atoms with Gasteiger partial charge in [-0.1, -0.05) is 31.2 Å². The fourth-order valence-corrected chi connectivity index (χ4v) is 6.86. The van der Waals surface area contributed by atoms with Crippen molar-refractivity contribution in [3.8, 4) is 22.3 Å². The van der Waals surface area contributed by atoms with Gasteiger partial charge < -0.3 is 4.57 Å². The molecule has 4 aromatic heterocycles. The Morgan fingerprint density at radius 1 is 0.623 bits per heavy atom. The van der Waals surface area contributed by atoms with Crippen LogP contribution >= 0.6 is 0 Å². The first kappa shape index (κ1) is 35.3. The highest BCUT2D eigenvalue weighted by atomic mass is 16.2. The topological polar surface area (TPSA) is 123 Å². The number of aryl methyl sites for hydroxylation is 5. The molecular weight excluding hydrogens is 663 g/mol. The van der Waals surface area contributed by atoms with Crippen LogP contribution < -0.4 is 9.80 Å². The lowest BCUT2D eigenvalue weighted by molar-refractivity contribution is -0.122. The van der Waals surface area contributed by atoms with E-state index in [4.69, 9.17) is 0 Å². The van der Waals surface area contributed by atoms with E-state index in [2.05, 4.69) is 42.9 Å². The lowest BCUT2D eigenvalue weighted by Crippen LogP contribution is -2.33. The number of carbonyl (C=O) groups excluding carboxylic acids is 2. The van der Waals surface area contributed by atoms with Crippen LogP contribution in [0.1, 0.15) is 68.8 Å². The van der Waals surface area contributed by atoms with E-state index in [9.17, 15) is 9.59 Å². The number of imidazole rings is 1. The van der Waals surface area contributed by atoms with Gasteiger partial charge in [-0.2, -0.15) is 0 Å². The minimum atomic E-state index is -0.594. The maximum atomic E-state index is 13.2. The SMILES string of the molecule is CCc1cncc(N2C(=O)C(C)(C)c3ccc(-c4cnc(C)nc4)cc32)c1.Cc1ncc(-c2ccc3c(c2)N(c2cn(C)c(C)n2)C(=O)C3(C)C)cn1. The third-order valence-electron chi connectivity index (χ3n) is 10.3. The van der Waals surface area contributed by atoms with Crippen molar-refractivity contribution in [3.05, 3.63) is 120 Å². The zero-order valence-electron chi connectivity index (χ0n) is 31.6. The molecule has 11 nitrogen and oxygen atoms in total. The fraction of sp³-hybridized carbons (Fsp3) is 0.286. The van der Waals surface area contributed by atoms with Crippen molar-refractivity contribution in [2.45, 2.75) is 72.6 Å². The van der Waals surface area contributed by atoms with Gasteiger partial charge in [-0.05, 0) is 101 Å². The number of nitrogens with zero attached hydrogens (tertiary/aromatic N) is 9. The molecule has 0 unspecified atom stereocenters. The average molecular weight is 706 g/mol. The maximum absolute atomic E-state index is 13.2. The van der Waals surface area contributed by atoms with Gasteiger partial charge in [0.25, 0.3) is 0 Å². The van der Waals surface area contributed by atoms with Gasteiger partial charge in [-0.15, -0.1) is 0 Å². The van der Waals surface area contributed by atoms with Crippen LogP contribution in [0.2, 0.25) is 0 Å². The van der Waals surface area contributed by atoms with Gasteiger partial charge in [0, 0.05) is 55.4 Å². The number of carbonyl (C=O) groups is 2. The van der Waals surface area contributed by atoms with E-state index >= 15 is 0 Å². The zero-order chi connectivity index (χ0) is 37.8. The first-order valence-electron chi connectivity index (χ1n) is 17.7. The summed E-state index contributed by atoms with van der Waals surface area (Å²) in [5.41, 5.74) is 8.36. The Labute approximate surface area is 309 Å². The Hall–Kier alpha value is -6.10. The number of fused-ring (bicyclic) bond motifs is 2. The van der Waals surface area contributed by atoms with E-state index in [0.717, 1.165) is 79.9 Å². The summed E-state index contributed by atoms with van der Waals surface area (Å²) in [6.07, 6.45) is 13.6. The summed E-state index contributed by atoms with van der Waals surface area (Å²) < 4.78 is 1.92. The molecule has 6 aromatic rings. The van der Waals surface area contributed by atoms with Crippen LogP contribution in [0.15, 0.2) is 85.8 Å². The van der Waals surface area contributed by atoms with Crippen LogP contribution in [0, 0.1) is 20.8 Å². The van der Waals surface area contributed by atoms with Gasteiger partial charge >= 0.3 is 0 Å². The normalized spacial score (nSPS) is 15.3. The monoisotopic (exact) mass is 705 g/mol.